The maximum Gasteiger partial charge on any atom is 0.237 e. The van der Waals surface area contributed by atoms with Gasteiger partial charge >= 0.3 is 0 Å². The Hall–Kier alpha value is -2.07. The van der Waals surface area contributed by atoms with Crippen LogP contribution in [0.5, 0.6) is 0 Å². The van der Waals surface area contributed by atoms with Crippen molar-refractivity contribution < 1.29 is 4.79 Å². The molecule has 1 unspecified atom stereocenters. The number of fused-ring (bicyclic) bond motifs is 1. The van der Waals surface area contributed by atoms with Crippen molar-refractivity contribution in [3.8, 4) is 0 Å². The zero-order valence-electron chi connectivity index (χ0n) is 12.3. The molecule has 0 saturated heterocycles. The number of allylic oxidation sites excluding steroid dienone is 2. The highest BCUT2D eigenvalue weighted by molar-refractivity contribution is 5.93. The minimum atomic E-state index is -0.0544. The standard InChI is InChI=1S/C17H21N3O/c1-2-20-11-15(14-5-3-4-6-16(14)20)12-7-9-13(10-8-12)17(21)19-18/h3-7,11,13H,2,8-10,18H2,1H3,(H,19,21). The lowest BCUT2D eigenvalue weighted by atomic mass is 9.86. The van der Waals surface area contributed by atoms with Crippen LogP contribution in [0.4, 0.5) is 0 Å². The fourth-order valence-electron chi connectivity index (χ4n) is 3.20. The first-order chi connectivity index (χ1) is 10.2. The van der Waals surface area contributed by atoms with E-state index < -0.39 is 0 Å². The SMILES string of the molecule is CCn1cc(C2=CCC(C(=O)NN)CC2)c2ccccc21. The van der Waals surface area contributed by atoms with Gasteiger partial charge in [-0.05, 0) is 37.8 Å². The lowest BCUT2D eigenvalue weighted by molar-refractivity contribution is -0.125. The van der Waals surface area contributed by atoms with Crippen molar-refractivity contribution in [2.24, 2.45) is 11.8 Å². The Balaban J connectivity index is 1.95. The van der Waals surface area contributed by atoms with Crippen LogP contribution < -0.4 is 11.3 Å². The topological polar surface area (TPSA) is 60.0 Å². The highest BCUT2D eigenvalue weighted by atomic mass is 16.2. The molecule has 0 saturated carbocycles. The summed E-state index contributed by atoms with van der Waals surface area (Å²) in [5.74, 6) is 5.18. The molecule has 1 atom stereocenters. The summed E-state index contributed by atoms with van der Waals surface area (Å²) in [5, 5.41) is 1.30. The maximum absolute atomic E-state index is 11.6. The Morgan fingerprint density at radius 1 is 1.43 bits per heavy atom. The van der Waals surface area contributed by atoms with Gasteiger partial charge in [0.25, 0.3) is 0 Å². The molecule has 1 aliphatic rings. The van der Waals surface area contributed by atoms with Crippen molar-refractivity contribution in [1.29, 1.82) is 0 Å². The number of aryl methyl sites for hydroxylation is 1. The van der Waals surface area contributed by atoms with Gasteiger partial charge in [-0.2, -0.15) is 0 Å². The second-order valence-electron chi connectivity index (χ2n) is 5.56. The molecular weight excluding hydrogens is 262 g/mol. The first kappa shape index (κ1) is 13.9. The Labute approximate surface area is 124 Å². The number of benzene rings is 1. The molecule has 1 aromatic heterocycles. The third kappa shape index (κ3) is 2.47. The molecule has 3 rings (SSSR count). The van der Waals surface area contributed by atoms with Gasteiger partial charge in [-0.25, -0.2) is 5.84 Å². The summed E-state index contributed by atoms with van der Waals surface area (Å²) in [6.45, 7) is 3.12. The number of hydrogen-bond acceptors (Lipinski definition) is 2. The van der Waals surface area contributed by atoms with Gasteiger partial charge in [-0.3, -0.25) is 10.2 Å². The second kappa shape index (κ2) is 5.74. The Morgan fingerprint density at radius 2 is 2.24 bits per heavy atom. The molecule has 1 aromatic carbocycles. The van der Waals surface area contributed by atoms with E-state index in [1.807, 2.05) is 0 Å². The number of hydrogen-bond donors (Lipinski definition) is 2. The predicted octanol–water partition coefficient (Wildman–Crippen LogP) is 2.83. The zero-order valence-corrected chi connectivity index (χ0v) is 12.3. The van der Waals surface area contributed by atoms with Crippen LogP contribution in [-0.4, -0.2) is 10.5 Å². The number of amides is 1. The van der Waals surface area contributed by atoms with Crippen LogP contribution in [0.15, 0.2) is 36.5 Å². The van der Waals surface area contributed by atoms with Gasteiger partial charge in [-0.15, -0.1) is 0 Å². The van der Waals surface area contributed by atoms with Crippen LogP contribution in [0, 0.1) is 5.92 Å². The van der Waals surface area contributed by atoms with E-state index in [-0.39, 0.29) is 11.8 Å². The van der Waals surface area contributed by atoms with Gasteiger partial charge in [0.2, 0.25) is 5.91 Å². The van der Waals surface area contributed by atoms with E-state index in [1.54, 1.807) is 0 Å². The van der Waals surface area contributed by atoms with Crippen LogP contribution >= 0.6 is 0 Å². The van der Waals surface area contributed by atoms with Crippen LogP contribution in [0.3, 0.4) is 0 Å². The molecule has 21 heavy (non-hydrogen) atoms. The van der Waals surface area contributed by atoms with E-state index >= 15 is 0 Å². The van der Waals surface area contributed by atoms with E-state index in [1.165, 1.54) is 22.0 Å². The minimum absolute atomic E-state index is 0.0123. The average molecular weight is 283 g/mol. The molecule has 1 amide bonds. The smallest absolute Gasteiger partial charge is 0.237 e. The molecule has 110 valence electrons. The van der Waals surface area contributed by atoms with Gasteiger partial charge in [-0.1, -0.05) is 24.3 Å². The number of rotatable bonds is 3. The maximum atomic E-state index is 11.6. The molecule has 1 heterocycles. The number of hydrazine groups is 1. The molecule has 3 N–H and O–H groups in total. The zero-order chi connectivity index (χ0) is 14.8. The monoisotopic (exact) mass is 283 g/mol. The number of nitrogens with two attached hydrogens (primary N) is 1. The molecular formula is C17H21N3O. The summed E-state index contributed by atoms with van der Waals surface area (Å²) < 4.78 is 2.28. The molecule has 0 radical (unpaired) electrons. The van der Waals surface area contributed by atoms with Crippen LogP contribution in [0.1, 0.15) is 31.7 Å². The third-order valence-corrected chi connectivity index (χ3v) is 4.40. The van der Waals surface area contributed by atoms with Gasteiger partial charge in [0, 0.05) is 35.1 Å². The van der Waals surface area contributed by atoms with Gasteiger partial charge in [0.05, 0.1) is 0 Å². The number of nitrogens with zero attached hydrogens (tertiary/aromatic N) is 1. The number of para-hydroxylation sites is 1. The summed E-state index contributed by atoms with van der Waals surface area (Å²) in [4.78, 5) is 11.6. The number of carbonyl (C=O) groups is 1. The van der Waals surface area contributed by atoms with Gasteiger partial charge in [0.15, 0.2) is 0 Å². The van der Waals surface area contributed by atoms with Crippen molar-refractivity contribution in [1.82, 2.24) is 9.99 Å². The molecule has 4 nitrogen and oxygen atoms in total. The van der Waals surface area contributed by atoms with E-state index in [9.17, 15) is 4.79 Å². The summed E-state index contributed by atoms with van der Waals surface area (Å²) >= 11 is 0. The number of carbonyl (C=O) groups excluding carboxylic acids is 1. The van der Waals surface area contributed by atoms with E-state index in [0.29, 0.717) is 0 Å². The van der Waals surface area contributed by atoms with Crippen LogP contribution in [0.25, 0.3) is 16.5 Å². The molecule has 0 fully saturated rings. The quantitative estimate of drug-likeness (QED) is 0.517. The molecule has 0 bridgehead atoms. The van der Waals surface area contributed by atoms with Gasteiger partial charge < -0.3 is 4.57 Å². The minimum Gasteiger partial charge on any atom is -0.347 e. The van der Waals surface area contributed by atoms with Crippen molar-refractivity contribution in [2.75, 3.05) is 0 Å². The average Bonchev–Trinajstić information content (AvgIpc) is 2.93. The Bertz CT molecular complexity index is 699. The summed E-state index contributed by atoms with van der Waals surface area (Å²) in [6, 6.07) is 8.50. The fraction of sp³-hybridized carbons (Fsp3) is 0.353. The Morgan fingerprint density at radius 3 is 2.90 bits per heavy atom. The molecule has 4 heteroatoms. The number of aromatic nitrogens is 1. The normalized spacial score (nSPS) is 18.6. The van der Waals surface area contributed by atoms with Crippen molar-refractivity contribution in [3.63, 3.8) is 0 Å². The van der Waals surface area contributed by atoms with E-state index in [4.69, 9.17) is 5.84 Å². The lowest BCUT2D eigenvalue weighted by Crippen LogP contribution is -2.36. The highest BCUT2D eigenvalue weighted by Crippen LogP contribution is 2.35. The summed E-state index contributed by atoms with van der Waals surface area (Å²) in [6.07, 6.45) is 6.99. The molecule has 2 aromatic rings. The molecule has 0 spiro atoms. The second-order valence-corrected chi connectivity index (χ2v) is 5.56. The van der Waals surface area contributed by atoms with Crippen molar-refractivity contribution >= 4 is 22.4 Å². The van der Waals surface area contributed by atoms with Crippen LogP contribution in [-0.2, 0) is 11.3 Å². The lowest BCUT2D eigenvalue weighted by Gasteiger charge is -2.20. The largest absolute Gasteiger partial charge is 0.347 e. The van der Waals surface area contributed by atoms with Crippen molar-refractivity contribution in [2.45, 2.75) is 32.7 Å². The predicted molar refractivity (Wildman–Crippen MR) is 85.3 cm³/mol. The Kier molecular flexibility index (Phi) is 3.80. The fourth-order valence-corrected chi connectivity index (χ4v) is 3.20. The summed E-state index contributed by atoms with van der Waals surface area (Å²) in [7, 11) is 0. The highest BCUT2D eigenvalue weighted by Gasteiger charge is 2.22. The van der Waals surface area contributed by atoms with E-state index in [0.717, 1.165) is 25.8 Å². The van der Waals surface area contributed by atoms with E-state index in [2.05, 4.69) is 53.5 Å². The van der Waals surface area contributed by atoms with Crippen LogP contribution in [0.2, 0.25) is 0 Å². The molecule has 0 aliphatic heterocycles. The van der Waals surface area contributed by atoms with Gasteiger partial charge in [0.1, 0.15) is 0 Å². The summed E-state index contributed by atoms with van der Waals surface area (Å²) in [5.41, 5.74) is 6.19. The third-order valence-electron chi connectivity index (χ3n) is 4.40. The molecule has 1 aliphatic carbocycles. The van der Waals surface area contributed by atoms with Crippen molar-refractivity contribution in [3.05, 3.63) is 42.1 Å². The first-order valence-corrected chi connectivity index (χ1v) is 7.52. The number of nitrogens with one attached hydrogen (secondary N) is 1. The first-order valence-electron chi connectivity index (χ1n) is 7.52.